The van der Waals surface area contributed by atoms with Crippen LogP contribution in [0.1, 0.15) is 31.2 Å². The summed E-state index contributed by atoms with van der Waals surface area (Å²) < 4.78 is 2.65. The molecule has 0 aliphatic heterocycles. The Morgan fingerprint density at radius 1 is 1.03 bits per heavy atom. The Bertz CT molecular complexity index is 1140. The molecule has 0 amide bonds. The quantitative estimate of drug-likeness (QED) is 0.422. The number of aromatic nitrogens is 5. The van der Waals surface area contributed by atoms with Gasteiger partial charge in [0.1, 0.15) is 5.82 Å². The van der Waals surface area contributed by atoms with E-state index in [0.29, 0.717) is 18.5 Å². The van der Waals surface area contributed by atoms with E-state index in [2.05, 4.69) is 53.8 Å². The maximum absolute atomic E-state index is 4.76. The highest BCUT2D eigenvalue weighted by Crippen LogP contribution is 2.26. The molecular weight excluding hydrogens is 442 g/mol. The minimum atomic E-state index is 0.508. The molecule has 0 atom stereocenters. The van der Waals surface area contributed by atoms with Crippen LogP contribution in [0.25, 0.3) is 16.9 Å². The van der Waals surface area contributed by atoms with Crippen molar-refractivity contribution in [3.63, 3.8) is 0 Å². The zero-order valence-electron chi connectivity index (χ0n) is 16.4. The van der Waals surface area contributed by atoms with E-state index in [0.717, 1.165) is 32.8 Å². The Morgan fingerprint density at radius 2 is 1.80 bits per heavy atom. The van der Waals surface area contributed by atoms with Gasteiger partial charge in [0.2, 0.25) is 5.95 Å². The number of fused-ring (bicyclic) bond motifs is 1. The molecular formula is C22H22BrN7. The minimum Gasteiger partial charge on any atom is -0.366 e. The Morgan fingerprint density at radius 3 is 2.57 bits per heavy atom. The molecule has 1 saturated carbocycles. The van der Waals surface area contributed by atoms with Crippen molar-refractivity contribution in [3.8, 4) is 11.3 Å². The normalized spacial score (nSPS) is 14.3. The van der Waals surface area contributed by atoms with Gasteiger partial charge in [0, 0.05) is 42.2 Å². The third kappa shape index (κ3) is 4.00. The number of anilines is 2. The zero-order chi connectivity index (χ0) is 20.3. The zero-order valence-corrected chi connectivity index (χ0v) is 18.0. The Labute approximate surface area is 183 Å². The summed E-state index contributed by atoms with van der Waals surface area (Å²) in [6.45, 7) is 0.592. The van der Waals surface area contributed by atoms with Gasteiger partial charge in [-0.2, -0.15) is 9.61 Å². The maximum atomic E-state index is 4.76. The number of nitrogens with zero attached hydrogens (tertiary/aromatic N) is 5. The SMILES string of the molecule is Brc1cnn2c(NCc3cnc(NC4CCCC4)nc3)cc(-c3ccccc3)nc12. The van der Waals surface area contributed by atoms with Crippen molar-refractivity contribution in [1.29, 1.82) is 0 Å². The van der Waals surface area contributed by atoms with E-state index in [9.17, 15) is 0 Å². The number of hydrogen-bond donors (Lipinski definition) is 2. The van der Waals surface area contributed by atoms with Crippen LogP contribution in [0.2, 0.25) is 0 Å². The fourth-order valence-electron chi connectivity index (χ4n) is 3.78. The minimum absolute atomic E-state index is 0.508. The monoisotopic (exact) mass is 463 g/mol. The van der Waals surface area contributed by atoms with Gasteiger partial charge in [0.15, 0.2) is 5.65 Å². The van der Waals surface area contributed by atoms with Crippen LogP contribution in [0.3, 0.4) is 0 Å². The second kappa shape index (κ2) is 8.39. The first-order chi connectivity index (χ1) is 14.8. The van der Waals surface area contributed by atoms with Gasteiger partial charge in [-0.05, 0) is 28.8 Å². The summed E-state index contributed by atoms with van der Waals surface area (Å²) in [5.41, 5.74) is 3.72. The Kier molecular flexibility index (Phi) is 5.31. The summed E-state index contributed by atoms with van der Waals surface area (Å²) >= 11 is 3.55. The standard InChI is InChI=1S/C22H22BrN7/c23-18-14-27-30-20(10-19(29-21(18)30)16-6-2-1-3-7-16)24-11-15-12-25-22(26-13-15)28-17-8-4-5-9-17/h1-3,6-7,10,12-14,17,24H,4-5,8-9,11H2,(H,25,26,28). The van der Waals surface area contributed by atoms with Crippen molar-refractivity contribution in [3.05, 3.63) is 65.0 Å². The van der Waals surface area contributed by atoms with Gasteiger partial charge in [0.05, 0.1) is 16.4 Å². The van der Waals surface area contributed by atoms with Crippen LogP contribution in [0.4, 0.5) is 11.8 Å². The van der Waals surface area contributed by atoms with Crippen LogP contribution in [-0.2, 0) is 6.54 Å². The summed E-state index contributed by atoms with van der Waals surface area (Å²) in [7, 11) is 0. The number of hydrogen-bond acceptors (Lipinski definition) is 6. The van der Waals surface area contributed by atoms with Crippen molar-refractivity contribution in [1.82, 2.24) is 24.6 Å². The summed E-state index contributed by atoms with van der Waals surface area (Å²) in [5.74, 6) is 1.57. The van der Waals surface area contributed by atoms with Crippen LogP contribution in [-0.4, -0.2) is 30.6 Å². The molecule has 1 aromatic carbocycles. The predicted molar refractivity (Wildman–Crippen MR) is 121 cm³/mol. The summed E-state index contributed by atoms with van der Waals surface area (Å²) in [6.07, 6.45) is 10.5. The first-order valence-corrected chi connectivity index (χ1v) is 11.0. The average molecular weight is 464 g/mol. The third-order valence-corrected chi connectivity index (χ3v) is 5.93. The number of benzene rings is 1. The molecule has 30 heavy (non-hydrogen) atoms. The second-order valence-electron chi connectivity index (χ2n) is 7.51. The number of rotatable bonds is 6. The van der Waals surface area contributed by atoms with Gasteiger partial charge in [-0.1, -0.05) is 43.2 Å². The van der Waals surface area contributed by atoms with E-state index >= 15 is 0 Å². The average Bonchev–Trinajstić information content (AvgIpc) is 3.44. The summed E-state index contributed by atoms with van der Waals surface area (Å²) in [6, 6.07) is 12.7. The molecule has 0 radical (unpaired) electrons. The lowest BCUT2D eigenvalue weighted by Crippen LogP contribution is -2.16. The fourth-order valence-corrected chi connectivity index (χ4v) is 4.13. The van der Waals surface area contributed by atoms with Gasteiger partial charge in [-0.3, -0.25) is 0 Å². The van der Waals surface area contributed by atoms with Gasteiger partial charge in [-0.15, -0.1) is 0 Å². The highest BCUT2D eigenvalue weighted by molar-refractivity contribution is 9.10. The molecule has 2 N–H and O–H groups in total. The molecule has 1 fully saturated rings. The highest BCUT2D eigenvalue weighted by Gasteiger charge is 2.15. The van der Waals surface area contributed by atoms with E-state index in [1.54, 1.807) is 10.7 Å². The fraction of sp³-hybridized carbons (Fsp3) is 0.273. The molecule has 1 aliphatic rings. The Hall–Kier alpha value is -3.00. The van der Waals surface area contributed by atoms with Gasteiger partial charge in [-0.25, -0.2) is 15.0 Å². The van der Waals surface area contributed by atoms with Crippen molar-refractivity contribution in [2.75, 3.05) is 10.6 Å². The number of halogens is 1. The molecule has 0 saturated heterocycles. The van der Waals surface area contributed by atoms with Gasteiger partial charge in [0.25, 0.3) is 0 Å². The molecule has 3 heterocycles. The molecule has 0 spiro atoms. The Balaban J connectivity index is 1.36. The summed E-state index contributed by atoms with van der Waals surface area (Å²) in [5, 5.41) is 11.3. The molecule has 7 nitrogen and oxygen atoms in total. The first kappa shape index (κ1) is 19.0. The molecule has 5 rings (SSSR count). The highest BCUT2D eigenvalue weighted by atomic mass is 79.9. The molecule has 0 unspecified atom stereocenters. The topological polar surface area (TPSA) is 80.0 Å². The van der Waals surface area contributed by atoms with E-state index < -0.39 is 0 Å². The largest absolute Gasteiger partial charge is 0.366 e. The molecule has 152 valence electrons. The third-order valence-electron chi connectivity index (χ3n) is 5.37. The van der Waals surface area contributed by atoms with Crippen LogP contribution in [0, 0.1) is 0 Å². The van der Waals surface area contributed by atoms with Crippen molar-refractivity contribution in [2.45, 2.75) is 38.3 Å². The lowest BCUT2D eigenvalue weighted by atomic mass is 10.1. The van der Waals surface area contributed by atoms with E-state index in [-0.39, 0.29) is 0 Å². The van der Waals surface area contributed by atoms with Crippen LogP contribution < -0.4 is 10.6 Å². The summed E-state index contributed by atoms with van der Waals surface area (Å²) in [4.78, 5) is 13.7. The second-order valence-corrected chi connectivity index (χ2v) is 8.37. The smallest absolute Gasteiger partial charge is 0.222 e. The molecule has 1 aliphatic carbocycles. The molecule has 0 bridgehead atoms. The van der Waals surface area contributed by atoms with Crippen molar-refractivity contribution < 1.29 is 0 Å². The molecule has 8 heteroatoms. The van der Waals surface area contributed by atoms with Crippen LogP contribution in [0.15, 0.2) is 59.5 Å². The first-order valence-electron chi connectivity index (χ1n) is 10.2. The van der Waals surface area contributed by atoms with Gasteiger partial charge >= 0.3 is 0 Å². The maximum Gasteiger partial charge on any atom is 0.222 e. The van der Waals surface area contributed by atoms with E-state index in [1.165, 1.54) is 25.7 Å². The predicted octanol–water partition coefficient (Wildman–Crippen LogP) is 4.92. The van der Waals surface area contributed by atoms with E-state index in [4.69, 9.17) is 4.98 Å². The van der Waals surface area contributed by atoms with Crippen molar-refractivity contribution >= 4 is 33.3 Å². The van der Waals surface area contributed by atoms with Crippen LogP contribution in [0.5, 0.6) is 0 Å². The van der Waals surface area contributed by atoms with Gasteiger partial charge < -0.3 is 10.6 Å². The lowest BCUT2D eigenvalue weighted by Gasteiger charge is -2.13. The number of nitrogens with one attached hydrogen (secondary N) is 2. The van der Waals surface area contributed by atoms with Crippen molar-refractivity contribution in [2.24, 2.45) is 0 Å². The molecule has 3 aromatic heterocycles. The lowest BCUT2D eigenvalue weighted by molar-refractivity contribution is 0.743. The van der Waals surface area contributed by atoms with E-state index in [1.807, 2.05) is 36.7 Å². The molecule has 4 aromatic rings. The van der Waals surface area contributed by atoms with Crippen LogP contribution >= 0.6 is 15.9 Å².